The lowest BCUT2D eigenvalue weighted by Crippen LogP contribution is -2.48. The summed E-state index contributed by atoms with van der Waals surface area (Å²) in [5.41, 5.74) is 0.284. The summed E-state index contributed by atoms with van der Waals surface area (Å²) in [6.45, 7) is 11.1. The van der Waals surface area contributed by atoms with Gasteiger partial charge in [0.05, 0.1) is 6.10 Å². The fraction of sp³-hybridized carbons (Fsp3) is 1.00. The monoisotopic (exact) mass is 228 g/mol. The number of ether oxygens (including phenoxy) is 1. The van der Waals surface area contributed by atoms with E-state index in [1.54, 1.807) is 0 Å². The third-order valence-electron chi connectivity index (χ3n) is 4.16. The van der Waals surface area contributed by atoms with Crippen LogP contribution in [0.5, 0.6) is 0 Å². The van der Waals surface area contributed by atoms with E-state index in [1.807, 2.05) is 7.05 Å². The highest BCUT2D eigenvalue weighted by atomic mass is 16.5. The zero-order chi connectivity index (χ0) is 12.3. The molecule has 1 heterocycles. The first-order valence-electron chi connectivity index (χ1n) is 6.37. The van der Waals surface area contributed by atoms with Crippen LogP contribution < -0.4 is 5.32 Å². The first-order valence-corrected chi connectivity index (χ1v) is 6.37. The Labute approximate surface area is 101 Å². The first-order chi connectivity index (χ1) is 7.38. The molecule has 0 amide bonds. The zero-order valence-corrected chi connectivity index (χ0v) is 11.7. The summed E-state index contributed by atoms with van der Waals surface area (Å²) in [6.07, 6.45) is 1.55. The largest absolute Gasteiger partial charge is 0.377 e. The van der Waals surface area contributed by atoms with E-state index in [2.05, 4.69) is 45.0 Å². The highest BCUT2D eigenvalue weighted by Crippen LogP contribution is 2.25. The Morgan fingerprint density at radius 3 is 2.56 bits per heavy atom. The average molecular weight is 228 g/mol. The smallest absolute Gasteiger partial charge is 0.0702 e. The van der Waals surface area contributed by atoms with Crippen LogP contribution >= 0.6 is 0 Å². The minimum atomic E-state index is 0.284. The lowest BCUT2D eigenvalue weighted by atomic mass is 9.84. The Kier molecular flexibility index (Phi) is 4.77. The van der Waals surface area contributed by atoms with E-state index in [0.29, 0.717) is 18.2 Å². The summed E-state index contributed by atoms with van der Waals surface area (Å²) in [5.74, 6) is 0. The second kappa shape index (κ2) is 5.48. The Hall–Kier alpha value is -0.120. The molecule has 96 valence electrons. The van der Waals surface area contributed by atoms with Crippen molar-refractivity contribution in [2.75, 3.05) is 27.2 Å². The molecule has 1 aliphatic heterocycles. The van der Waals surface area contributed by atoms with Crippen LogP contribution in [0.4, 0.5) is 0 Å². The van der Waals surface area contributed by atoms with E-state index in [-0.39, 0.29) is 5.41 Å². The van der Waals surface area contributed by atoms with Crippen LogP contribution in [0.1, 0.15) is 34.1 Å². The third-order valence-corrected chi connectivity index (χ3v) is 4.16. The third kappa shape index (κ3) is 3.19. The molecule has 3 nitrogen and oxygen atoms in total. The number of nitrogens with zero attached hydrogens (tertiary/aromatic N) is 1. The van der Waals surface area contributed by atoms with E-state index in [4.69, 9.17) is 4.74 Å². The minimum Gasteiger partial charge on any atom is -0.377 e. The van der Waals surface area contributed by atoms with Crippen molar-refractivity contribution in [3.63, 3.8) is 0 Å². The van der Waals surface area contributed by atoms with E-state index in [1.165, 1.54) is 6.42 Å². The maximum atomic E-state index is 5.63. The fourth-order valence-corrected chi connectivity index (χ4v) is 2.59. The van der Waals surface area contributed by atoms with Gasteiger partial charge in [-0.3, -0.25) is 0 Å². The molecule has 0 spiro atoms. The number of likely N-dealkylation sites (N-methyl/N-ethyl adjacent to an activating group) is 1. The van der Waals surface area contributed by atoms with Crippen LogP contribution in [0.3, 0.4) is 0 Å². The fourth-order valence-electron chi connectivity index (χ4n) is 2.59. The molecule has 0 aromatic rings. The summed E-state index contributed by atoms with van der Waals surface area (Å²) >= 11 is 0. The van der Waals surface area contributed by atoms with Crippen molar-refractivity contribution in [2.24, 2.45) is 5.41 Å². The Balaban J connectivity index is 2.52. The number of hydrogen-bond acceptors (Lipinski definition) is 3. The van der Waals surface area contributed by atoms with Crippen molar-refractivity contribution in [1.82, 2.24) is 10.2 Å². The molecule has 0 bridgehead atoms. The summed E-state index contributed by atoms with van der Waals surface area (Å²) < 4.78 is 5.63. The number of hydrogen-bond donors (Lipinski definition) is 1. The highest BCUT2D eigenvalue weighted by molar-refractivity contribution is 4.87. The second-order valence-electron chi connectivity index (χ2n) is 5.85. The predicted molar refractivity (Wildman–Crippen MR) is 68.8 cm³/mol. The van der Waals surface area contributed by atoms with Crippen LogP contribution in [-0.4, -0.2) is 50.3 Å². The minimum absolute atomic E-state index is 0.284. The highest BCUT2D eigenvalue weighted by Gasteiger charge is 2.33. The van der Waals surface area contributed by atoms with Gasteiger partial charge in [-0.25, -0.2) is 0 Å². The molecule has 1 N–H and O–H groups in total. The maximum Gasteiger partial charge on any atom is 0.0702 e. The molecule has 0 aromatic carbocycles. The van der Waals surface area contributed by atoms with E-state index in [0.717, 1.165) is 13.2 Å². The molecule has 0 radical (unpaired) electrons. The quantitative estimate of drug-likeness (QED) is 0.775. The first kappa shape index (κ1) is 13.9. The summed E-state index contributed by atoms with van der Waals surface area (Å²) in [5, 5.41) is 3.35. The maximum absolute atomic E-state index is 5.63. The van der Waals surface area contributed by atoms with Crippen molar-refractivity contribution in [3.8, 4) is 0 Å². The van der Waals surface area contributed by atoms with Crippen LogP contribution in [0.2, 0.25) is 0 Å². The molecule has 0 aliphatic carbocycles. The number of rotatable bonds is 5. The molecule has 1 saturated heterocycles. The molecule has 1 fully saturated rings. The second-order valence-corrected chi connectivity index (χ2v) is 5.85. The van der Waals surface area contributed by atoms with Crippen LogP contribution in [0.15, 0.2) is 0 Å². The molecular formula is C13H28N2O. The van der Waals surface area contributed by atoms with E-state index in [9.17, 15) is 0 Å². The van der Waals surface area contributed by atoms with Crippen LogP contribution in [0, 0.1) is 5.41 Å². The van der Waals surface area contributed by atoms with Gasteiger partial charge in [-0.1, -0.05) is 13.8 Å². The van der Waals surface area contributed by atoms with Crippen molar-refractivity contribution in [2.45, 2.75) is 52.3 Å². The van der Waals surface area contributed by atoms with Gasteiger partial charge in [0.1, 0.15) is 0 Å². The van der Waals surface area contributed by atoms with Gasteiger partial charge < -0.3 is 15.0 Å². The lowest BCUT2D eigenvalue weighted by molar-refractivity contribution is 0.0634. The molecule has 1 aliphatic rings. The van der Waals surface area contributed by atoms with E-state index < -0.39 is 0 Å². The van der Waals surface area contributed by atoms with Gasteiger partial charge in [0, 0.05) is 25.2 Å². The molecule has 3 atom stereocenters. The van der Waals surface area contributed by atoms with Gasteiger partial charge in [0.15, 0.2) is 0 Å². The summed E-state index contributed by atoms with van der Waals surface area (Å²) in [6, 6.07) is 1.11. The lowest BCUT2D eigenvalue weighted by Gasteiger charge is -2.38. The van der Waals surface area contributed by atoms with Crippen molar-refractivity contribution >= 4 is 0 Å². The van der Waals surface area contributed by atoms with Gasteiger partial charge in [-0.15, -0.1) is 0 Å². The van der Waals surface area contributed by atoms with Crippen molar-refractivity contribution < 1.29 is 4.74 Å². The number of nitrogens with one attached hydrogen (secondary N) is 1. The van der Waals surface area contributed by atoms with Gasteiger partial charge in [0.25, 0.3) is 0 Å². The Morgan fingerprint density at radius 1 is 1.50 bits per heavy atom. The molecule has 3 heteroatoms. The predicted octanol–water partition coefficient (Wildman–Crippen LogP) is 1.73. The molecule has 0 saturated carbocycles. The standard InChI is InChI=1S/C13H28N2O/c1-10-12(7-8-16-10)15(6)9-13(3,4)11(2)14-5/h10-12,14H,7-9H2,1-6H3. The van der Waals surface area contributed by atoms with Crippen LogP contribution in [0.25, 0.3) is 0 Å². The van der Waals surface area contributed by atoms with Gasteiger partial charge in [-0.05, 0) is 39.8 Å². The summed E-state index contributed by atoms with van der Waals surface area (Å²) in [7, 11) is 4.26. The molecule has 3 unspecified atom stereocenters. The summed E-state index contributed by atoms with van der Waals surface area (Å²) in [4.78, 5) is 2.46. The Morgan fingerprint density at radius 2 is 2.12 bits per heavy atom. The normalized spacial score (nSPS) is 28.7. The average Bonchev–Trinajstić information content (AvgIpc) is 2.62. The molecular weight excluding hydrogens is 200 g/mol. The van der Waals surface area contributed by atoms with Crippen molar-refractivity contribution in [1.29, 1.82) is 0 Å². The van der Waals surface area contributed by atoms with Gasteiger partial charge in [-0.2, -0.15) is 0 Å². The topological polar surface area (TPSA) is 24.5 Å². The van der Waals surface area contributed by atoms with Crippen LogP contribution in [-0.2, 0) is 4.74 Å². The molecule has 1 rings (SSSR count). The molecule has 16 heavy (non-hydrogen) atoms. The van der Waals surface area contributed by atoms with Gasteiger partial charge in [0.2, 0.25) is 0 Å². The van der Waals surface area contributed by atoms with Gasteiger partial charge >= 0.3 is 0 Å². The Bertz CT molecular complexity index is 218. The SMILES string of the molecule is CNC(C)C(C)(C)CN(C)C1CCOC1C. The van der Waals surface area contributed by atoms with Crippen molar-refractivity contribution in [3.05, 3.63) is 0 Å². The molecule has 0 aromatic heterocycles. The zero-order valence-electron chi connectivity index (χ0n) is 11.7. The van der Waals surface area contributed by atoms with E-state index >= 15 is 0 Å².